The Balaban J connectivity index is 1.95. The summed E-state index contributed by atoms with van der Waals surface area (Å²) in [5.74, 6) is 0. The number of nitrogens with zero attached hydrogens (tertiary/aromatic N) is 2. The predicted octanol–water partition coefficient (Wildman–Crippen LogP) is 5.47. The average Bonchev–Trinajstić information content (AvgIpc) is 3.14. The van der Waals surface area contributed by atoms with Crippen LogP contribution in [0.25, 0.3) is 22.2 Å². The van der Waals surface area contributed by atoms with Crippen molar-refractivity contribution in [2.24, 2.45) is 0 Å². The fourth-order valence-corrected chi connectivity index (χ4v) is 3.55. The topological polar surface area (TPSA) is 17.8 Å². The molecular formula is C18H17ClN2. The summed E-state index contributed by atoms with van der Waals surface area (Å²) in [6.45, 7) is 0. The van der Waals surface area contributed by atoms with Crippen LogP contribution in [-0.4, -0.2) is 9.55 Å². The standard InChI is InChI=1S/C18H17ClN2/c19-17-11-10-15-16(13-6-2-1-3-7-13)12-21(18(15)20-17)14-8-4-5-9-14/h1-3,6-7,10-12,14H,4-5,8-9H2. The number of hydrogen-bond donors (Lipinski definition) is 0. The number of pyridine rings is 1. The van der Waals surface area contributed by atoms with Crippen LogP contribution >= 0.6 is 11.6 Å². The zero-order chi connectivity index (χ0) is 14.2. The van der Waals surface area contributed by atoms with Crippen LogP contribution in [0.5, 0.6) is 0 Å². The fourth-order valence-electron chi connectivity index (χ4n) is 3.41. The van der Waals surface area contributed by atoms with E-state index in [-0.39, 0.29) is 0 Å². The van der Waals surface area contributed by atoms with Crippen molar-refractivity contribution in [1.29, 1.82) is 0 Å². The van der Waals surface area contributed by atoms with E-state index in [1.54, 1.807) is 0 Å². The zero-order valence-corrected chi connectivity index (χ0v) is 12.6. The Kier molecular flexibility index (Phi) is 3.19. The molecule has 0 aliphatic heterocycles. The van der Waals surface area contributed by atoms with Crippen molar-refractivity contribution in [3.05, 3.63) is 53.8 Å². The lowest BCUT2D eigenvalue weighted by Crippen LogP contribution is -2.03. The predicted molar refractivity (Wildman–Crippen MR) is 87.7 cm³/mol. The molecule has 1 saturated carbocycles. The van der Waals surface area contributed by atoms with Gasteiger partial charge in [-0.25, -0.2) is 4.98 Å². The van der Waals surface area contributed by atoms with Gasteiger partial charge in [0.25, 0.3) is 0 Å². The van der Waals surface area contributed by atoms with Crippen molar-refractivity contribution >= 4 is 22.6 Å². The van der Waals surface area contributed by atoms with Gasteiger partial charge in [-0.1, -0.05) is 54.8 Å². The molecule has 0 unspecified atom stereocenters. The maximum atomic E-state index is 6.13. The number of benzene rings is 1. The third kappa shape index (κ3) is 2.24. The highest BCUT2D eigenvalue weighted by molar-refractivity contribution is 6.29. The minimum atomic E-state index is 0.566. The van der Waals surface area contributed by atoms with Gasteiger partial charge in [0.2, 0.25) is 0 Å². The van der Waals surface area contributed by atoms with E-state index in [1.807, 2.05) is 6.07 Å². The van der Waals surface area contributed by atoms with Gasteiger partial charge in [-0.3, -0.25) is 0 Å². The average molecular weight is 297 g/mol. The summed E-state index contributed by atoms with van der Waals surface area (Å²) in [6.07, 6.45) is 7.37. The van der Waals surface area contributed by atoms with Gasteiger partial charge in [0.1, 0.15) is 10.8 Å². The van der Waals surface area contributed by atoms with Crippen molar-refractivity contribution in [2.75, 3.05) is 0 Å². The summed E-state index contributed by atoms with van der Waals surface area (Å²) in [4.78, 5) is 4.59. The molecule has 0 amide bonds. The Labute approximate surface area is 129 Å². The molecule has 0 spiro atoms. The minimum absolute atomic E-state index is 0.566. The molecule has 1 aliphatic rings. The molecule has 106 valence electrons. The highest BCUT2D eigenvalue weighted by Crippen LogP contribution is 2.37. The van der Waals surface area contributed by atoms with Crippen LogP contribution in [0.15, 0.2) is 48.7 Å². The van der Waals surface area contributed by atoms with E-state index in [2.05, 4.69) is 52.1 Å². The molecule has 3 heteroatoms. The summed E-state index contributed by atoms with van der Waals surface area (Å²) in [5.41, 5.74) is 3.51. The molecule has 21 heavy (non-hydrogen) atoms. The molecule has 1 aliphatic carbocycles. The van der Waals surface area contributed by atoms with Crippen molar-refractivity contribution in [3.8, 4) is 11.1 Å². The SMILES string of the molecule is Clc1ccc2c(-c3ccccc3)cn(C3CCCC3)c2n1. The van der Waals surface area contributed by atoms with E-state index in [1.165, 1.54) is 42.2 Å². The molecule has 0 atom stereocenters. The number of aromatic nitrogens is 2. The van der Waals surface area contributed by atoms with Crippen LogP contribution in [-0.2, 0) is 0 Å². The molecule has 2 nitrogen and oxygen atoms in total. The quantitative estimate of drug-likeness (QED) is 0.573. The monoisotopic (exact) mass is 296 g/mol. The molecule has 3 aromatic rings. The van der Waals surface area contributed by atoms with Crippen molar-refractivity contribution in [1.82, 2.24) is 9.55 Å². The van der Waals surface area contributed by atoms with E-state index >= 15 is 0 Å². The fraction of sp³-hybridized carbons (Fsp3) is 0.278. The number of fused-ring (bicyclic) bond motifs is 1. The number of hydrogen-bond acceptors (Lipinski definition) is 1. The van der Waals surface area contributed by atoms with Crippen LogP contribution in [0, 0.1) is 0 Å². The molecule has 1 aromatic carbocycles. The molecule has 2 aromatic heterocycles. The van der Waals surface area contributed by atoms with Gasteiger partial charge >= 0.3 is 0 Å². The maximum Gasteiger partial charge on any atom is 0.142 e. The first kappa shape index (κ1) is 12.9. The smallest absolute Gasteiger partial charge is 0.142 e. The molecule has 0 N–H and O–H groups in total. The van der Waals surface area contributed by atoms with E-state index < -0.39 is 0 Å². The largest absolute Gasteiger partial charge is 0.329 e. The summed E-state index contributed by atoms with van der Waals surface area (Å²) < 4.78 is 2.34. The molecule has 0 bridgehead atoms. The summed E-state index contributed by atoms with van der Waals surface area (Å²) >= 11 is 6.13. The Morgan fingerprint density at radius 2 is 1.76 bits per heavy atom. The molecule has 4 rings (SSSR count). The van der Waals surface area contributed by atoms with Crippen molar-refractivity contribution in [3.63, 3.8) is 0 Å². The van der Waals surface area contributed by atoms with Crippen LogP contribution in [0.4, 0.5) is 0 Å². The highest BCUT2D eigenvalue weighted by atomic mass is 35.5. The molecule has 0 radical (unpaired) electrons. The van der Waals surface area contributed by atoms with Gasteiger partial charge in [-0.15, -0.1) is 0 Å². The second-order valence-corrected chi connectivity index (χ2v) is 6.15. The second-order valence-electron chi connectivity index (χ2n) is 5.76. The van der Waals surface area contributed by atoms with Crippen LogP contribution in [0.3, 0.4) is 0 Å². The first-order valence-electron chi connectivity index (χ1n) is 7.55. The van der Waals surface area contributed by atoms with E-state index in [0.29, 0.717) is 11.2 Å². The van der Waals surface area contributed by atoms with Crippen LogP contribution < -0.4 is 0 Å². The Hall–Kier alpha value is -1.80. The number of rotatable bonds is 2. The Morgan fingerprint density at radius 1 is 1.00 bits per heavy atom. The summed E-state index contributed by atoms with van der Waals surface area (Å²) in [7, 11) is 0. The lowest BCUT2D eigenvalue weighted by atomic mass is 10.1. The van der Waals surface area contributed by atoms with Gasteiger partial charge in [-0.05, 0) is 30.5 Å². The van der Waals surface area contributed by atoms with Gasteiger partial charge in [-0.2, -0.15) is 0 Å². The Bertz CT molecular complexity index is 771. The second kappa shape index (κ2) is 5.19. The summed E-state index contributed by atoms with van der Waals surface area (Å²) in [6, 6.07) is 15.1. The minimum Gasteiger partial charge on any atom is -0.329 e. The van der Waals surface area contributed by atoms with E-state index in [0.717, 1.165) is 5.65 Å². The zero-order valence-electron chi connectivity index (χ0n) is 11.8. The molecule has 2 heterocycles. The number of halogens is 1. The summed E-state index contributed by atoms with van der Waals surface area (Å²) in [5, 5.41) is 1.76. The third-order valence-electron chi connectivity index (χ3n) is 4.45. The van der Waals surface area contributed by atoms with Crippen molar-refractivity contribution < 1.29 is 0 Å². The van der Waals surface area contributed by atoms with Gasteiger partial charge in [0.15, 0.2) is 0 Å². The van der Waals surface area contributed by atoms with Gasteiger partial charge < -0.3 is 4.57 Å². The molecular weight excluding hydrogens is 280 g/mol. The van der Waals surface area contributed by atoms with E-state index in [4.69, 9.17) is 11.6 Å². The third-order valence-corrected chi connectivity index (χ3v) is 4.66. The first-order valence-corrected chi connectivity index (χ1v) is 7.93. The first-order chi connectivity index (χ1) is 10.3. The molecule has 1 fully saturated rings. The van der Waals surface area contributed by atoms with Gasteiger partial charge in [0.05, 0.1) is 0 Å². The maximum absolute atomic E-state index is 6.13. The normalized spacial score (nSPS) is 15.9. The van der Waals surface area contributed by atoms with Crippen LogP contribution in [0.1, 0.15) is 31.7 Å². The molecule has 0 saturated heterocycles. The lowest BCUT2D eigenvalue weighted by Gasteiger charge is -2.12. The lowest BCUT2D eigenvalue weighted by molar-refractivity contribution is 0.533. The van der Waals surface area contributed by atoms with Crippen LogP contribution in [0.2, 0.25) is 5.15 Å². The van der Waals surface area contributed by atoms with Crippen molar-refractivity contribution in [2.45, 2.75) is 31.7 Å². The Morgan fingerprint density at radius 3 is 2.52 bits per heavy atom. The van der Waals surface area contributed by atoms with E-state index in [9.17, 15) is 0 Å². The highest BCUT2D eigenvalue weighted by Gasteiger charge is 2.21. The van der Waals surface area contributed by atoms with Gasteiger partial charge in [0, 0.05) is 23.2 Å².